The minimum Gasteiger partial charge on any atom is -0.465 e. The van der Waals surface area contributed by atoms with Crippen molar-refractivity contribution in [3.63, 3.8) is 0 Å². The Morgan fingerprint density at radius 3 is 2.55 bits per heavy atom. The highest BCUT2D eigenvalue weighted by molar-refractivity contribution is 5.72. The zero-order chi connectivity index (χ0) is 16.4. The molecule has 0 aromatic carbocycles. The number of allylic oxidation sites excluding steroid dienone is 2. The third-order valence-electron chi connectivity index (χ3n) is 3.77. The van der Waals surface area contributed by atoms with Gasteiger partial charge in [0.15, 0.2) is 0 Å². The van der Waals surface area contributed by atoms with E-state index in [9.17, 15) is 9.59 Å². The molecule has 22 heavy (non-hydrogen) atoms. The molecule has 0 aliphatic heterocycles. The van der Waals surface area contributed by atoms with Gasteiger partial charge in [-0.05, 0) is 43.9 Å². The molecule has 0 aromatic heterocycles. The summed E-state index contributed by atoms with van der Waals surface area (Å²) in [6, 6.07) is 0. The number of hydrogen-bond donors (Lipinski definition) is 0. The van der Waals surface area contributed by atoms with Crippen molar-refractivity contribution in [1.29, 1.82) is 0 Å². The van der Waals surface area contributed by atoms with Gasteiger partial charge in [-0.1, -0.05) is 32.9 Å². The molecule has 0 radical (unpaired) electrons. The molecule has 0 amide bonds. The Balaban J connectivity index is 2.08. The largest absolute Gasteiger partial charge is 0.465 e. The first-order valence-electron chi connectivity index (χ1n) is 8.46. The number of esters is 2. The van der Waals surface area contributed by atoms with Crippen molar-refractivity contribution in [2.75, 3.05) is 13.2 Å². The van der Waals surface area contributed by atoms with E-state index in [0.29, 0.717) is 25.6 Å². The van der Waals surface area contributed by atoms with Crippen molar-refractivity contribution in [3.05, 3.63) is 12.2 Å². The molecule has 2 atom stereocenters. The van der Waals surface area contributed by atoms with Gasteiger partial charge in [0.1, 0.15) is 0 Å². The number of rotatable bonds is 9. The molecule has 0 aromatic rings. The molecule has 4 heteroatoms. The summed E-state index contributed by atoms with van der Waals surface area (Å²) in [5.41, 5.74) is 0. The van der Waals surface area contributed by atoms with Gasteiger partial charge in [0.25, 0.3) is 0 Å². The van der Waals surface area contributed by atoms with Crippen LogP contribution < -0.4 is 0 Å². The van der Waals surface area contributed by atoms with E-state index < -0.39 is 0 Å². The number of hydrogen-bond acceptors (Lipinski definition) is 4. The van der Waals surface area contributed by atoms with Gasteiger partial charge in [-0.25, -0.2) is 0 Å². The summed E-state index contributed by atoms with van der Waals surface area (Å²) in [4.78, 5) is 23.4. The fraction of sp³-hybridized carbons (Fsp3) is 0.778. The second kappa shape index (κ2) is 10.4. The first kappa shape index (κ1) is 18.7. The SMILES string of the molecule is CC(C)COC(=O)CCCC(C)COC(=O)C1CC=CCC1. The van der Waals surface area contributed by atoms with Crippen LogP contribution in [0.1, 0.15) is 59.3 Å². The van der Waals surface area contributed by atoms with E-state index >= 15 is 0 Å². The molecule has 126 valence electrons. The van der Waals surface area contributed by atoms with Gasteiger partial charge in [-0.3, -0.25) is 9.59 Å². The molecule has 4 nitrogen and oxygen atoms in total. The van der Waals surface area contributed by atoms with Crippen LogP contribution in [0.4, 0.5) is 0 Å². The summed E-state index contributed by atoms with van der Waals surface area (Å²) in [7, 11) is 0. The Kier molecular flexibility index (Phi) is 8.86. The van der Waals surface area contributed by atoms with Crippen LogP contribution >= 0.6 is 0 Å². The van der Waals surface area contributed by atoms with Crippen molar-refractivity contribution in [1.82, 2.24) is 0 Å². The summed E-state index contributed by atoms with van der Waals surface area (Å²) in [6.45, 7) is 7.02. The smallest absolute Gasteiger partial charge is 0.309 e. The predicted octanol–water partition coefficient (Wildman–Crippen LogP) is 3.89. The summed E-state index contributed by atoms with van der Waals surface area (Å²) in [5.74, 6) is 0.473. The molecule has 0 heterocycles. The van der Waals surface area contributed by atoms with E-state index in [1.165, 1.54) is 0 Å². The third-order valence-corrected chi connectivity index (χ3v) is 3.77. The minimum atomic E-state index is -0.133. The van der Waals surface area contributed by atoms with Crippen LogP contribution in [-0.2, 0) is 19.1 Å². The normalized spacial score (nSPS) is 19.0. The summed E-state index contributed by atoms with van der Waals surface area (Å²) < 4.78 is 10.5. The lowest BCUT2D eigenvalue weighted by Gasteiger charge is -2.18. The summed E-state index contributed by atoms with van der Waals surface area (Å²) in [5, 5.41) is 0. The zero-order valence-corrected chi connectivity index (χ0v) is 14.2. The molecule has 0 saturated heterocycles. The van der Waals surface area contributed by atoms with Crippen molar-refractivity contribution in [2.24, 2.45) is 17.8 Å². The predicted molar refractivity (Wildman–Crippen MR) is 86.3 cm³/mol. The first-order chi connectivity index (χ1) is 10.5. The van der Waals surface area contributed by atoms with Crippen molar-refractivity contribution in [2.45, 2.75) is 59.3 Å². The minimum absolute atomic E-state index is 0.0308. The molecule has 1 rings (SSSR count). The Hall–Kier alpha value is -1.32. The topological polar surface area (TPSA) is 52.6 Å². The highest BCUT2D eigenvalue weighted by Gasteiger charge is 2.20. The highest BCUT2D eigenvalue weighted by atomic mass is 16.5. The van der Waals surface area contributed by atoms with Crippen LogP contribution in [0.5, 0.6) is 0 Å². The second-order valence-electron chi connectivity index (χ2n) is 6.69. The monoisotopic (exact) mass is 310 g/mol. The fourth-order valence-electron chi connectivity index (χ4n) is 2.36. The van der Waals surface area contributed by atoms with Crippen LogP contribution in [0.15, 0.2) is 12.2 Å². The van der Waals surface area contributed by atoms with Gasteiger partial charge in [-0.2, -0.15) is 0 Å². The van der Waals surface area contributed by atoms with Crippen molar-refractivity contribution in [3.8, 4) is 0 Å². The molecule has 1 aliphatic carbocycles. The van der Waals surface area contributed by atoms with E-state index in [2.05, 4.69) is 12.2 Å². The Morgan fingerprint density at radius 1 is 1.14 bits per heavy atom. The molecule has 0 N–H and O–H groups in total. The zero-order valence-electron chi connectivity index (χ0n) is 14.2. The van der Waals surface area contributed by atoms with Gasteiger partial charge in [-0.15, -0.1) is 0 Å². The number of carbonyl (C=O) groups is 2. The van der Waals surface area contributed by atoms with Crippen molar-refractivity contribution < 1.29 is 19.1 Å². The van der Waals surface area contributed by atoms with E-state index in [1.54, 1.807) is 0 Å². The molecular weight excluding hydrogens is 280 g/mol. The lowest BCUT2D eigenvalue weighted by Crippen LogP contribution is -2.21. The molecule has 2 unspecified atom stereocenters. The lowest BCUT2D eigenvalue weighted by molar-refractivity contribution is -0.150. The van der Waals surface area contributed by atoms with Gasteiger partial charge in [0.05, 0.1) is 19.1 Å². The van der Waals surface area contributed by atoms with Crippen LogP contribution in [-0.4, -0.2) is 25.2 Å². The number of ether oxygens (including phenoxy) is 2. The molecule has 0 saturated carbocycles. The maximum Gasteiger partial charge on any atom is 0.309 e. The maximum absolute atomic E-state index is 11.9. The van der Waals surface area contributed by atoms with E-state index in [1.807, 2.05) is 20.8 Å². The average Bonchev–Trinajstić information content (AvgIpc) is 2.51. The van der Waals surface area contributed by atoms with E-state index in [0.717, 1.165) is 32.1 Å². The Morgan fingerprint density at radius 2 is 1.91 bits per heavy atom. The van der Waals surface area contributed by atoms with Gasteiger partial charge < -0.3 is 9.47 Å². The highest BCUT2D eigenvalue weighted by Crippen LogP contribution is 2.20. The number of carbonyl (C=O) groups excluding carboxylic acids is 2. The Labute approximate surface area is 134 Å². The maximum atomic E-state index is 11.9. The Bertz CT molecular complexity index is 373. The first-order valence-corrected chi connectivity index (χ1v) is 8.46. The quantitative estimate of drug-likeness (QED) is 0.479. The van der Waals surface area contributed by atoms with Crippen LogP contribution in [0.3, 0.4) is 0 Å². The van der Waals surface area contributed by atoms with Crippen LogP contribution in [0.25, 0.3) is 0 Å². The van der Waals surface area contributed by atoms with Gasteiger partial charge in [0.2, 0.25) is 0 Å². The van der Waals surface area contributed by atoms with Crippen LogP contribution in [0, 0.1) is 17.8 Å². The van der Waals surface area contributed by atoms with E-state index in [4.69, 9.17) is 9.47 Å². The van der Waals surface area contributed by atoms with Gasteiger partial charge >= 0.3 is 11.9 Å². The molecule has 0 fully saturated rings. The molecule has 0 bridgehead atoms. The summed E-state index contributed by atoms with van der Waals surface area (Å²) in [6.07, 6.45) is 8.93. The van der Waals surface area contributed by atoms with Crippen LogP contribution in [0.2, 0.25) is 0 Å². The van der Waals surface area contributed by atoms with Crippen molar-refractivity contribution >= 4 is 11.9 Å². The van der Waals surface area contributed by atoms with E-state index in [-0.39, 0.29) is 23.8 Å². The lowest BCUT2D eigenvalue weighted by atomic mass is 9.94. The summed E-state index contributed by atoms with van der Waals surface area (Å²) >= 11 is 0. The fourth-order valence-corrected chi connectivity index (χ4v) is 2.36. The third kappa shape index (κ3) is 8.20. The average molecular weight is 310 g/mol. The molecule has 1 aliphatic rings. The molecule has 0 spiro atoms. The molecular formula is C18H30O4. The van der Waals surface area contributed by atoms with Gasteiger partial charge in [0, 0.05) is 6.42 Å². The second-order valence-corrected chi connectivity index (χ2v) is 6.69. The standard InChI is InChI=1S/C18H30O4/c1-14(2)12-21-17(19)11-7-8-15(3)13-22-18(20)16-9-5-4-6-10-16/h4-5,14-16H,6-13H2,1-3H3.